The number of fused-ring (bicyclic) bond motifs is 2. The topological polar surface area (TPSA) is 20.2 Å². The Kier molecular flexibility index (Phi) is 1.69. The number of hydrogen-bond acceptors (Lipinski definition) is 1. The van der Waals surface area contributed by atoms with Gasteiger partial charge in [0.15, 0.2) is 0 Å². The van der Waals surface area contributed by atoms with E-state index in [1.54, 1.807) is 0 Å². The first kappa shape index (κ1) is 6.66. The fourth-order valence-electron chi connectivity index (χ4n) is 2.58. The van der Waals surface area contributed by atoms with Crippen molar-refractivity contribution in [2.75, 3.05) is 0 Å². The van der Waals surface area contributed by atoms with Gasteiger partial charge in [-0.1, -0.05) is 19.3 Å². The van der Waals surface area contributed by atoms with Crippen molar-refractivity contribution in [3.63, 3.8) is 0 Å². The van der Waals surface area contributed by atoms with Crippen molar-refractivity contribution in [1.82, 2.24) is 0 Å². The van der Waals surface area contributed by atoms with E-state index >= 15 is 0 Å². The summed E-state index contributed by atoms with van der Waals surface area (Å²) in [6, 6.07) is 0. The smallest absolute Gasteiger partial charge is 0.0568 e. The van der Waals surface area contributed by atoms with Gasteiger partial charge in [-0.2, -0.15) is 0 Å². The maximum Gasteiger partial charge on any atom is 0.0568 e. The normalized spacial score (nSPS) is 47.1. The molecular formula is C9H16O. The van der Waals surface area contributed by atoms with Crippen molar-refractivity contribution in [2.24, 2.45) is 11.8 Å². The van der Waals surface area contributed by atoms with Crippen LogP contribution in [0.15, 0.2) is 0 Å². The monoisotopic (exact) mass is 140 g/mol. The van der Waals surface area contributed by atoms with Crippen LogP contribution in [0.1, 0.15) is 38.5 Å². The van der Waals surface area contributed by atoms with E-state index in [1.165, 1.54) is 32.1 Å². The van der Waals surface area contributed by atoms with Gasteiger partial charge in [-0.3, -0.25) is 0 Å². The maximum absolute atomic E-state index is 9.58. The van der Waals surface area contributed by atoms with Crippen LogP contribution in [0, 0.1) is 11.8 Å². The molecule has 2 rings (SSSR count). The van der Waals surface area contributed by atoms with Crippen molar-refractivity contribution in [3.05, 3.63) is 0 Å². The number of hydrogen-bond donors (Lipinski definition) is 1. The van der Waals surface area contributed by atoms with E-state index in [4.69, 9.17) is 0 Å². The van der Waals surface area contributed by atoms with Gasteiger partial charge in [0, 0.05) is 0 Å². The van der Waals surface area contributed by atoms with Crippen LogP contribution in [0.5, 0.6) is 0 Å². The van der Waals surface area contributed by atoms with Gasteiger partial charge in [-0.15, -0.1) is 0 Å². The van der Waals surface area contributed by atoms with Gasteiger partial charge in [-0.25, -0.2) is 0 Å². The molecule has 0 spiro atoms. The molecule has 0 heterocycles. The van der Waals surface area contributed by atoms with Gasteiger partial charge in [0.25, 0.3) is 0 Å². The molecule has 0 saturated heterocycles. The summed E-state index contributed by atoms with van der Waals surface area (Å²) in [5.74, 6) is 1.65. The number of aliphatic hydroxyl groups excluding tert-OH is 1. The largest absolute Gasteiger partial charge is 0.393 e. The van der Waals surface area contributed by atoms with Crippen LogP contribution in [0.4, 0.5) is 0 Å². The van der Waals surface area contributed by atoms with Crippen LogP contribution in [0.3, 0.4) is 0 Å². The first-order valence-corrected chi connectivity index (χ1v) is 4.54. The van der Waals surface area contributed by atoms with E-state index in [2.05, 4.69) is 0 Å². The minimum atomic E-state index is 0.0486. The third kappa shape index (κ3) is 1.07. The first-order chi connectivity index (χ1) is 4.86. The molecule has 10 heavy (non-hydrogen) atoms. The zero-order valence-corrected chi connectivity index (χ0v) is 6.42. The van der Waals surface area contributed by atoms with Crippen molar-refractivity contribution in [3.8, 4) is 0 Å². The Labute approximate surface area is 62.4 Å². The molecule has 2 aliphatic carbocycles. The molecule has 0 aromatic rings. The molecule has 2 bridgehead atoms. The molecule has 2 saturated carbocycles. The quantitative estimate of drug-likeness (QED) is 0.545. The molecule has 3 unspecified atom stereocenters. The van der Waals surface area contributed by atoms with E-state index in [-0.39, 0.29) is 6.10 Å². The highest BCUT2D eigenvalue weighted by molar-refractivity contribution is 4.83. The second kappa shape index (κ2) is 2.54. The molecule has 1 heteroatoms. The van der Waals surface area contributed by atoms with E-state index in [9.17, 15) is 5.11 Å². The summed E-state index contributed by atoms with van der Waals surface area (Å²) in [6.45, 7) is 0. The van der Waals surface area contributed by atoms with Gasteiger partial charge < -0.3 is 5.11 Å². The standard InChI is InChI=1S/C9H16O/c10-9-3-1-2-7-4-5-8(9)6-7/h7-10H,1-6H2. The highest BCUT2D eigenvalue weighted by Crippen LogP contribution is 2.40. The van der Waals surface area contributed by atoms with Gasteiger partial charge in [0.2, 0.25) is 0 Å². The summed E-state index contributed by atoms with van der Waals surface area (Å²) in [5.41, 5.74) is 0. The fraction of sp³-hybridized carbons (Fsp3) is 1.00. The summed E-state index contributed by atoms with van der Waals surface area (Å²) in [4.78, 5) is 0. The van der Waals surface area contributed by atoms with E-state index < -0.39 is 0 Å². The van der Waals surface area contributed by atoms with Crippen LogP contribution in [-0.4, -0.2) is 11.2 Å². The molecule has 0 aliphatic heterocycles. The molecule has 0 aromatic heterocycles. The van der Waals surface area contributed by atoms with Crippen LogP contribution in [0.2, 0.25) is 0 Å². The van der Waals surface area contributed by atoms with Gasteiger partial charge >= 0.3 is 0 Å². The Morgan fingerprint density at radius 2 is 1.90 bits per heavy atom. The van der Waals surface area contributed by atoms with Gasteiger partial charge in [0.1, 0.15) is 0 Å². The average molecular weight is 140 g/mol. The van der Waals surface area contributed by atoms with Crippen LogP contribution in [-0.2, 0) is 0 Å². The Balaban J connectivity index is 2.03. The SMILES string of the molecule is OC1CCCC2CCC1C2. The molecule has 2 fully saturated rings. The van der Waals surface area contributed by atoms with Crippen LogP contribution < -0.4 is 0 Å². The lowest BCUT2D eigenvalue weighted by atomic mass is 9.98. The fourth-order valence-corrected chi connectivity index (χ4v) is 2.58. The van der Waals surface area contributed by atoms with Crippen molar-refractivity contribution in [2.45, 2.75) is 44.6 Å². The Bertz CT molecular complexity index is 122. The summed E-state index contributed by atoms with van der Waals surface area (Å²) >= 11 is 0. The summed E-state index contributed by atoms with van der Waals surface area (Å²) < 4.78 is 0. The number of aliphatic hydroxyl groups is 1. The van der Waals surface area contributed by atoms with E-state index in [0.717, 1.165) is 12.3 Å². The van der Waals surface area contributed by atoms with E-state index in [0.29, 0.717) is 5.92 Å². The summed E-state index contributed by atoms with van der Waals surface area (Å²) in [7, 11) is 0. The number of rotatable bonds is 0. The molecule has 0 radical (unpaired) electrons. The molecule has 2 aliphatic rings. The van der Waals surface area contributed by atoms with Gasteiger partial charge in [0.05, 0.1) is 6.10 Å². The lowest BCUT2D eigenvalue weighted by molar-refractivity contribution is 0.104. The lowest BCUT2D eigenvalue weighted by Gasteiger charge is -2.14. The van der Waals surface area contributed by atoms with Crippen molar-refractivity contribution >= 4 is 0 Å². The average Bonchev–Trinajstić information content (AvgIpc) is 2.27. The molecule has 0 aromatic carbocycles. The second-order valence-electron chi connectivity index (χ2n) is 3.94. The van der Waals surface area contributed by atoms with Crippen LogP contribution in [0.25, 0.3) is 0 Å². The van der Waals surface area contributed by atoms with Gasteiger partial charge in [-0.05, 0) is 31.1 Å². The Morgan fingerprint density at radius 1 is 1.00 bits per heavy atom. The lowest BCUT2D eigenvalue weighted by Crippen LogP contribution is -2.15. The highest BCUT2D eigenvalue weighted by atomic mass is 16.3. The predicted octanol–water partition coefficient (Wildman–Crippen LogP) is 1.95. The first-order valence-electron chi connectivity index (χ1n) is 4.54. The minimum absolute atomic E-state index is 0.0486. The molecule has 1 nitrogen and oxygen atoms in total. The minimum Gasteiger partial charge on any atom is -0.393 e. The molecule has 58 valence electrons. The predicted molar refractivity (Wildman–Crippen MR) is 40.7 cm³/mol. The Hall–Kier alpha value is -0.0400. The third-order valence-corrected chi connectivity index (χ3v) is 3.24. The summed E-state index contributed by atoms with van der Waals surface area (Å²) in [5, 5.41) is 9.58. The molecular weight excluding hydrogens is 124 g/mol. The van der Waals surface area contributed by atoms with Crippen molar-refractivity contribution in [1.29, 1.82) is 0 Å². The molecule has 3 atom stereocenters. The third-order valence-electron chi connectivity index (χ3n) is 3.24. The maximum atomic E-state index is 9.58. The summed E-state index contributed by atoms with van der Waals surface area (Å²) in [6.07, 6.45) is 7.78. The van der Waals surface area contributed by atoms with Crippen LogP contribution >= 0.6 is 0 Å². The zero-order valence-electron chi connectivity index (χ0n) is 6.42. The Morgan fingerprint density at radius 3 is 2.80 bits per heavy atom. The second-order valence-corrected chi connectivity index (χ2v) is 3.94. The molecule has 1 N–H and O–H groups in total. The molecule has 0 amide bonds. The zero-order chi connectivity index (χ0) is 6.97. The van der Waals surface area contributed by atoms with E-state index in [1.807, 2.05) is 0 Å². The van der Waals surface area contributed by atoms with Crippen molar-refractivity contribution < 1.29 is 5.11 Å². The highest BCUT2D eigenvalue weighted by Gasteiger charge is 2.31.